The molecule has 0 saturated carbocycles. The molecule has 1 heterocycles. The fourth-order valence-corrected chi connectivity index (χ4v) is 3.45. The van der Waals surface area contributed by atoms with Crippen LogP contribution in [0.1, 0.15) is 57.9 Å². The van der Waals surface area contributed by atoms with Gasteiger partial charge in [-0.15, -0.1) is 6.42 Å². The van der Waals surface area contributed by atoms with E-state index < -0.39 is 0 Å². The summed E-state index contributed by atoms with van der Waals surface area (Å²) in [7, 11) is 0. The lowest BCUT2D eigenvalue weighted by atomic mass is 10.1. The van der Waals surface area contributed by atoms with Crippen LogP contribution in [0.25, 0.3) is 0 Å². The summed E-state index contributed by atoms with van der Waals surface area (Å²) < 4.78 is 11.5. The van der Waals surface area contributed by atoms with Gasteiger partial charge < -0.3 is 9.47 Å². The van der Waals surface area contributed by atoms with Gasteiger partial charge in [0.1, 0.15) is 5.75 Å². The van der Waals surface area contributed by atoms with E-state index in [2.05, 4.69) is 24.7 Å². The van der Waals surface area contributed by atoms with Crippen molar-refractivity contribution in [2.45, 2.75) is 64.6 Å². The van der Waals surface area contributed by atoms with Gasteiger partial charge in [0.05, 0.1) is 18.8 Å². The molecule has 0 radical (unpaired) electrons. The Morgan fingerprint density at radius 2 is 1.60 bits per heavy atom. The third-order valence-electron chi connectivity index (χ3n) is 4.65. The number of terminal acetylenes is 1. The van der Waals surface area contributed by atoms with Crippen LogP contribution in [0.3, 0.4) is 0 Å². The van der Waals surface area contributed by atoms with Crippen LogP contribution in [0.2, 0.25) is 0 Å². The van der Waals surface area contributed by atoms with Gasteiger partial charge in [-0.2, -0.15) is 0 Å². The number of unbranched alkanes of at least 4 members (excludes halogenated alkanes) is 5. The van der Waals surface area contributed by atoms with Crippen molar-refractivity contribution in [2.75, 3.05) is 26.2 Å². The van der Waals surface area contributed by atoms with E-state index in [1.807, 2.05) is 24.3 Å². The first-order valence-corrected chi connectivity index (χ1v) is 9.74. The fourth-order valence-electron chi connectivity index (χ4n) is 3.45. The van der Waals surface area contributed by atoms with E-state index in [0.29, 0.717) is 12.2 Å². The summed E-state index contributed by atoms with van der Waals surface area (Å²) in [5.41, 5.74) is 0.897. The van der Waals surface area contributed by atoms with Crippen molar-refractivity contribution >= 4 is 0 Å². The van der Waals surface area contributed by atoms with Crippen molar-refractivity contribution in [3.63, 3.8) is 0 Å². The molecular formula is C22H33NO2. The van der Waals surface area contributed by atoms with Gasteiger partial charge in [0.25, 0.3) is 0 Å². The van der Waals surface area contributed by atoms with Crippen LogP contribution in [-0.4, -0.2) is 43.3 Å². The molecule has 1 fully saturated rings. The summed E-state index contributed by atoms with van der Waals surface area (Å²) in [5, 5.41) is 0. The van der Waals surface area contributed by atoms with Gasteiger partial charge >= 0.3 is 0 Å². The molecular weight excluding hydrogens is 310 g/mol. The standard InChI is InChI=1S/C22H33NO2/c1-4-21-11-13-22(14-12-21)24-16-10-8-6-5-7-9-15-23-17-19(2)25-20(3)18-23/h1,11-14,19-20H,5-10,15-18H2,2-3H3. The monoisotopic (exact) mass is 343 g/mol. The Hall–Kier alpha value is -1.50. The minimum Gasteiger partial charge on any atom is -0.494 e. The lowest BCUT2D eigenvalue weighted by molar-refractivity contribution is -0.0681. The molecule has 1 aromatic carbocycles. The minimum atomic E-state index is 0.381. The number of nitrogens with zero attached hydrogens (tertiary/aromatic N) is 1. The number of hydrogen-bond acceptors (Lipinski definition) is 3. The molecule has 0 spiro atoms. The topological polar surface area (TPSA) is 21.7 Å². The van der Waals surface area contributed by atoms with Gasteiger partial charge in [-0.3, -0.25) is 4.90 Å². The smallest absolute Gasteiger partial charge is 0.119 e. The molecule has 1 aliphatic heterocycles. The molecule has 1 saturated heterocycles. The summed E-state index contributed by atoms with van der Waals surface area (Å²) in [6.45, 7) is 8.53. The molecule has 3 nitrogen and oxygen atoms in total. The molecule has 2 rings (SSSR count). The molecule has 1 aliphatic rings. The van der Waals surface area contributed by atoms with Gasteiger partial charge in [0.2, 0.25) is 0 Å². The third kappa shape index (κ3) is 7.94. The molecule has 0 N–H and O–H groups in total. The second-order valence-electron chi connectivity index (χ2n) is 7.16. The predicted molar refractivity (Wildman–Crippen MR) is 104 cm³/mol. The lowest BCUT2D eigenvalue weighted by Crippen LogP contribution is -2.45. The predicted octanol–water partition coefficient (Wildman–Crippen LogP) is 4.50. The first-order valence-electron chi connectivity index (χ1n) is 9.74. The molecule has 0 bridgehead atoms. The average molecular weight is 344 g/mol. The normalized spacial score (nSPS) is 21.0. The lowest BCUT2D eigenvalue weighted by Gasteiger charge is -2.35. The Balaban J connectivity index is 1.42. The first-order chi connectivity index (χ1) is 12.2. The summed E-state index contributed by atoms with van der Waals surface area (Å²) in [5.74, 6) is 3.53. The van der Waals surface area contributed by atoms with Crippen LogP contribution in [-0.2, 0) is 4.74 Å². The highest BCUT2D eigenvalue weighted by Crippen LogP contribution is 2.14. The number of rotatable bonds is 10. The third-order valence-corrected chi connectivity index (χ3v) is 4.65. The summed E-state index contributed by atoms with van der Waals surface area (Å²) in [4.78, 5) is 2.55. The number of morpholine rings is 1. The number of benzene rings is 1. The summed E-state index contributed by atoms with van der Waals surface area (Å²) >= 11 is 0. The zero-order valence-corrected chi connectivity index (χ0v) is 15.9. The Bertz CT molecular complexity index is 510. The van der Waals surface area contributed by atoms with Crippen molar-refractivity contribution in [3.8, 4) is 18.1 Å². The average Bonchev–Trinajstić information content (AvgIpc) is 2.60. The second kappa shape index (κ2) is 11.2. The maximum atomic E-state index is 5.78. The highest BCUT2D eigenvalue weighted by atomic mass is 16.5. The Kier molecular flexibility index (Phi) is 8.86. The van der Waals surface area contributed by atoms with Crippen LogP contribution >= 0.6 is 0 Å². The van der Waals surface area contributed by atoms with E-state index >= 15 is 0 Å². The summed E-state index contributed by atoms with van der Waals surface area (Å²) in [6.07, 6.45) is 13.7. The van der Waals surface area contributed by atoms with E-state index in [4.69, 9.17) is 15.9 Å². The maximum Gasteiger partial charge on any atom is 0.119 e. The number of hydrogen-bond donors (Lipinski definition) is 0. The van der Waals surface area contributed by atoms with Gasteiger partial charge in [0.15, 0.2) is 0 Å². The van der Waals surface area contributed by atoms with E-state index in [1.165, 1.54) is 38.6 Å². The molecule has 2 unspecified atom stereocenters. The van der Waals surface area contributed by atoms with Crippen molar-refractivity contribution in [3.05, 3.63) is 29.8 Å². The Morgan fingerprint density at radius 1 is 1.00 bits per heavy atom. The van der Waals surface area contributed by atoms with Crippen molar-refractivity contribution in [2.24, 2.45) is 0 Å². The van der Waals surface area contributed by atoms with Crippen LogP contribution in [0.15, 0.2) is 24.3 Å². The quantitative estimate of drug-likeness (QED) is 0.461. The van der Waals surface area contributed by atoms with E-state index in [9.17, 15) is 0 Å². The van der Waals surface area contributed by atoms with Gasteiger partial charge in [0, 0.05) is 18.7 Å². The highest BCUT2D eigenvalue weighted by molar-refractivity contribution is 5.36. The second-order valence-corrected chi connectivity index (χ2v) is 7.16. The summed E-state index contributed by atoms with van der Waals surface area (Å²) in [6, 6.07) is 7.74. The van der Waals surface area contributed by atoms with Crippen LogP contribution < -0.4 is 4.74 Å². The van der Waals surface area contributed by atoms with Crippen molar-refractivity contribution < 1.29 is 9.47 Å². The molecule has 0 aromatic heterocycles. The molecule has 138 valence electrons. The molecule has 2 atom stereocenters. The first kappa shape index (κ1) is 19.8. The zero-order valence-electron chi connectivity index (χ0n) is 15.9. The van der Waals surface area contributed by atoms with Crippen LogP contribution in [0, 0.1) is 12.3 Å². The van der Waals surface area contributed by atoms with Gasteiger partial charge in [-0.1, -0.05) is 31.6 Å². The molecule has 25 heavy (non-hydrogen) atoms. The Morgan fingerprint density at radius 3 is 2.24 bits per heavy atom. The van der Waals surface area contributed by atoms with Crippen LogP contribution in [0.5, 0.6) is 5.75 Å². The van der Waals surface area contributed by atoms with Crippen molar-refractivity contribution in [1.29, 1.82) is 0 Å². The zero-order chi connectivity index (χ0) is 17.9. The van der Waals surface area contributed by atoms with E-state index in [-0.39, 0.29) is 0 Å². The number of ether oxygens (including phenoxy) is 2. The molecule has 0 aliphatic carbocycles. The maximum absolute atomic E-state index is 5.78. The molecule has 0 amide bonds. The van der Waals surface area contributed by atoms with E-state index in [1.54, 1.807) is 0 Å². The van der Waals surface area contributed by atoms with Gasteiger partial charge in [-0.25, -0.2) is 0 Å². The largest absolute Gasteiger partial charge is 0.494 e. The molecule has 3 heteroatoms. The SMILES string of the molecule is C#Cc1ccc(OCCCCCCCCN2CC(C)OC(C)C2)cc1. The Labute approximate surface area is 153 Å². The van der Waals surface area contributed by atoms with Crippen molar-refractivity contribution in [1.82, 2.24) is 4.90 Å². The van der Waals surface area contributed by atoms with Crippen LogP contribution in [0.4, 0.5) is 0 Å². The van der Waals surface area contributed by atoms with Gasteiger partial charge in [-0.05, 0) is 57.5 Å². The fraction of sp³-hybridized carbons (Fsp3) is 0.636. The molecule has 1 aromatic rings. The minimum absolute atomic E-state index is 0.381. The highest BCUT2D eigenvalue weighted by Gasteiger charge is 2.21. The van der Waals surface area contributed by atoms with E-state index in [0.717, 1.165) is 37.4 Å².